The fourth-order valence-electron chi connectivity index (χ4n) is 3.15. The Morgan fingerprint density at radius 2 is 2.04 bits per heavy atom. The second-order valence-electron chi connectivity index (χ2n) is 6.29. The fourth-order valence-corrected chi connectivity index (χ4v) is 3.15. The van der Waals surface area contributed by atoms with Crippen LogP contribution in [-0.4, -0.2) is 17.4 Å². The van der Waals surface area contributed by atoms with Crippen LogP contribution in [0.3, 0.4) is 0 Å². The molecule has 0 radical (unpaired) electrons. The van der Waals surface area contributed by atoms with E-state index in [1.54, 1.807) is 0 Å². The molecule has 25 heavy (non-hydrogen) atoms. The van der Waals surface area contributed by atoms with Gasteiger partial charge in [0.25, 0.3) is 0 Å². The van der Waals surface area contributed by atoms with E-state index >= 15 is 0 Å². The highest BCUT2D eigenvalue weighted by molar-refractivity contribution is 5.77. The average molecular weight is 335 g/mol. The zero-order valence-corrected chi connectivity index (χ0v) is 14.7. The van der Waals surface area contributed by atoms with Gasteiger partial charge < -0.3 is 10.2 Å². The van der Waals surface area contributed by atoms with Crippen molar-refractivity contribution in [3.8, 4) is 0 Å². The van der Waals surface area contributed by atoms with E-state index in [0.29, 0.717) is 13.0 Å². The molecule has 4 heteroatoms. The zero-order chi connectivity index (χ0) is 17.5. The van der Waals surface area contributed by atoms with Crippen LogP contribution in [0.1, 0.15) is 36.5 Å². The van der Waals surface area contributed by atoms with E-state index in [1.807, 2.05) is 30.5 Å². The molecular weight excluding hydrogens is 310 g/mol. The molecule has 130 valence electrons. The van der Waals surface area contributed by atoms with Crippen molar-refractivity contribution in [2.45, 2.75) is 39.3 Å². The van der Waals surface area contributed by atoms with Gasteiger partial charge in [-0.05, 0) is 30.0 Å². The largest absolute Gasteiger partial charge is 0.352 e. The van der Waals surface area contributed by atoms with Crippen LogP contribution in [0.2, 0.25) is 0 Å². The predicted octanol–water partition coefficient (Wildman–Crippen LogP) is 3.62. The topological polar surface area (TPSA) is 45.2 Å². The monoisotopic (exact) mass is 335 g/mol. The number of hydrogen-bond donors (Lipinski definition) is 1. The zero-order valence-electron chi connectivity index (χ0n) is 14.7. The summed E-state index contributed by atoms with van der Waals surface area (Å²) < 4.78 is 0. The highest BCUT2D eigenvalue weighted by Crippen LogP contribution is 2.25. The minimum Gasteiger partial charge on any atom is -0.352 e. The number of carbonyl (C=O) groups excluding carboxylic acids is 1. The predicted molar refractivity (Wildman–Crippen MR) is 101 cm³/mol. The molecule has 1 aliphatic heterocycles. The molecule has 0 spiro atoms. The molecule has 4 nitrogen and oxygen atoms in total. The Bertz CT molecular complexity index is 754. The van der Waals surface area contributed by atoms with E-state index in [-0.39, 0.29) is 5.91 Å². The molecular formula is C21H25N3O. The summed E-state index contributed by atoms with van der Waals surface area (Å²) >= 11 is 0. The molecule has 0 unspecified atom stereocenters. The van der Waals surface area contributed by atoms with Gasteiger partial charge in [0.2, 0.25) is 5.91 Å². The lowest BCUT2D eigenvalue weighted by atomic mass is 9.99. The van der Waals surface area contributed by atoms with Crippen LogP contribution in [0.4, 0.5) is 5.82 Å². The van der Waals surface area contributed by atoms with Crippen molar-refractivity contribution >= 4 is 11.7 Å². The van der Waals surface area contributed by atoms with E-state index in [2.05, 4.69) is 46.4 Å². The number of benzene rings is 1. The number of amides is 1. The van der Waals surface area contributed by atoms with Crippen LogP contribution in [0.15, 0.2) is 54.7 Å². The van der Waals surface area contributed by atoms with Gasteiger partial charge in [0.05, 0.1) is 0 Å². The number of carbonyl (C=O) groups is 1. The standard InChI is InChI=1S/C21H25N3O/c1-2-3-4-11-20(25)23-15-18-10-7-13-22-21(18)24-14-12-17-8-5-6-9-19(17)16-24/h3-10,13H,2,11-12,14-16H2,1H3,(H,23,25)/b4-3+. The van der Waals surface area contributed by atoms with Crippen LogP contribution in [0.5, 0.6) is 0 Å². The molecule has 2 heterocycles. The van der Waals surface area contributed by atoms with E-state index in [0.717, 1.165) is 37.3 Å². The number of fused-ring (bicyclic) bond motifs is 1. The van der Waals surface area contributed by atoms with Crippen LogP contribution in [0.25, 0.3) is 0 Å². The van der Waals surface area contributed by atoms with Crippen LogP contribution >= 0.6 is 0 Å². The number of pyridine rings is 1. The normalized spacial score (nSPS) is 13.7. The van der Waals surface area contributed by atoms with Crippen molar-refractivity contribution in [3.63, 3.8) is 0 Å². The van der Waals surface area contributed by atoms with Gasteiger partial charge in [-0.25, -0.2) is 4.98 Å². The van der Waals surface area contributed by atoms with E-state index in [4.69, 9.17) is 0 Å². The minimum atomic E-state index is 0.0449. The maximum atomic E-state index is 11.9. The lowest BCUT2D eigenvalue weighted by Crippen LogP contribution is -2.32. The maximum Gasteiger partial charge on any atom is 0.224 e. The summed E-state index contributed by atoms with van der Waals surface area (Å²) in [4.78, 5) is 18.8. The Morgan fingerprint density at radius 3 is 2.88 bits per heavy atom. The van der Waals surface area contributed by atoms with Crippen molar-refractivity contribution < 1.29 is 4.79 Å². The third-order valence-corrected chi connectivity index (χ3v) is 4.48. The number of allylic oxidation sites excluding steroid dienone is 1. The summed E-state index contributed by atoms with van der Waals surface area (Å²) in [7, 11) is 0. The van der Waals surface area contributed by atoms with Gasteiger partial charge in [0, 0.05) is 37.8 Å². The SMILES string of the molecule is CC/C=C/CC(=O)NCc1cccnc1N1CCc2ccccc2C1. The van der Waals surface area contributed by atoms with Gasteiger partial charge in [-0.1, -0.05) is 49.4 Å². The molecule has 1 aromatic carbocycles. The molecule has 1 aliphatic rings. The Labute approximate surface area is 149 Å². The number of nitrogens with one attached hydrogen (secondary N) is 1. The fraction of sp³-hybridized carbons (Fsp3) is 0.333. The Morgan fingerprint density at radius 1 is 1.20 bits per heavy atom. The number of aromatic nitrogens is 1. The minimum absolute atomic E-state index is 0.0449. The lowest BCUT2D eigenvalue weighted by Gasteiger charge is -2.31. The highest BCUT2D eigenvalue weighted by Gasteiger charge is 2.19. The van der Waals surface area contributed by atoms with Gasteiger partial charge in [-0.3, -0.25) is 4.79 Å². The maximum absolute atomic E-state index is 11.9. The van der Waals surface area contributed by atoms with E-state index in [9.17, 15) is 4.79 Å². The van der Waals surface area contributed by atoms with Crippen LogP contribution in [-0.2, 0) is 24.3 Å². The van der Waals surface area contributed by atoms with Crippen LogP contribution in [0, 0.1) is 0 Å². The van der Waals surface area contributed by atoms with Gasteiger partial charge in [0.15, 0.2) is 0 Å². The summed E-state index contributed by atoms with van der Waals surface area (Å²) in [5.41, 5.74) is 3.85. The molecule has 0 saturated carbocycles. The second-order valence-corrected chi connectivity index (χ2v) is 6.29. The summed E-state index contributed by atoms with van der Waals surface area (Å²) in [5, 5.41) is 3.00. The second kappa shape index (κ2) is 8.47. The van der Waals surface area contributed by atoms with Gasteiger partial charge in [-0.2, -0.15) is 0 Å². The first kappa shape index (κ1) is 17.2. The summed E-state index contributed by atoms with van der Waals surface area (Å²) in [6.07, 6.45) is 8.17. The summed E-state index contributed by atoms with van der Waals surface area (Å²) in [6.45, 7) is 4.40. The molecule has 2 aromatic rings. The van der Waals surface area contributed by atoms with Crippen molar-refractivity contribution in [2.75, 3.05) is 11.4 Å². The van der Waals surface area contributed by atoms with Gasteiger partial charge in [-0.15, -0.1) is 0 Å². The third kappa shape index (κ3) is 4.47. The average Bonchev–Trinajstić information content (AvgIpc) is 2.66. The van der Waals surface area contributed by atoms with Gasteiger partial charge >= 0.3 is 0 Å². The van der Waals surface area contributed by atoms with E-state index in [1.165, 1.54) is 11.1 Å². The number of anilines is 1. The Hall–Kier alpha value is -2.62. The van der Waals surface area contributed by atoms with Crippen molar-refractivity contribution in [3.05, 3.63) is 71.4 Å². The van der Waals surface area contributed by atoms with Crippen LogP contribution < -0.4 is 10.2 Å². The van der Waals surface area contributed by atoms with E-state index < -0.39 is 0 Å². The Balaban J connectivity index is 1.67. The summed E-state index contributed by atoms with van der Waals surface area (Å²) in [5.74, 6) is 1.02. The summed E-state index contributed by atoms with van der Waals surface area (Å²) in [6, 6.07) is 12.6. The molecule has 0 fully saturated rings. The molecule has 1 N–H and O–H groups in total. The van der Waals surface area contributed by atoms with Crippen molar-refractivity contribution in [1.29, 1.82) is 0 Å². The Kier molecular flexibility index (Phi) is 5.83. The molecule has 0 saturated heterocycles. The lowest BCUT2D eigenvalue weighted by molar-refractivity contribution is -0.120. The molecule has 1 aromatic heterocycles. The van der Waals surface area contributed by atoms with Crippen molar-refractivity contribution in [2.24, 2.45) is 0 Å². The number of nitrogens with zero attached hydrogens (tertiary/aromatic N) is 2. The van der Waals surface area contributed by atoms with Crippen molar-refractivity contribution in [1.82, 2.24) is 10.3 Å². The number of rotatable bonds is 6. The first-order valence-electron chi connectivity index (χ1n) is 8.95. The third-order valence-electron chi connectivity index (χ3n) is 4.48. The molecule has 0 atom stereocenters. The highest BCUT2D eigenvalue weighted by atomic mass is 16.1. The molecule has 1 amide bonds. The quantitative estimate of drug-likeness (QED) is 0.820. The first-order chi connectivity index (χ1) is 12.3. The molecule has 0 bridgehead atoms. The smallest absolute Gasteiger partial charge is 0.224 e. The first-order valence-corrected chi connectivity index (χ1v) is 8.95. The molecule has 0 aliphatic carbocycles. The molecule has 3 rings (SSSR count). The van der Waals surface area contributed by atoms with Gasteiger partial charge in [0.1, 0.15) is 5.82 Å². The number of hydrogen-bond acceptors (Lipinski definition) is 3.